The van der Waals surface area contributed by atoms with Crippen LogP contribution in [-0.4, -0.2) is 19.3 Å². The Morgan fingerprint density at radius 2 is 1.47 bits per heavy atom. The average Bonchev–Trinajstić information content (AvgIpc) is 2.46. The highest BCUT2D eigenvalue weighted by Gasteiger charge is 2.00. The van der Waals surface area contributed by atoms with Crippen LogP contribution >= 0.6 is 0 Å². The summed E-state index contributed by atoms with van der Waals surface area (Å²) in [6, 6.07) is 13.0. The quantitative estimate of drug-likeness (QED) is 0.850. The Labute approximate surface area is 112 Å². The zero-order valence-corrected chi connectivity index (χ0v) is 11.0. The van der Waals surface area contributed by atoms with Gasteiger partial charge in [0.1, 0.15) is 5.75 Å². The predicted octanol–water partition coefficient (Wildman–Crippen LogP) is 3.58. The minimum atomic E-state index is 0.138. The summed E-state index contributed by atoms with van der Waals surface area (Å²) in [5, 5.41) is 9.68. The summed E-state index contributed by atoms with van der Waals surface area (Å²) >= 11 is 0. The molecule has 0 spiro atoms. The highest BCUT2D eigenvalue weighted by atomic mass is 16.5. The van der Waals surface area contributed by atoms with Crippen molar-refractivity contribution in [3.63, 3.8) is 0 Å². The number of benzene rings is 2. The summed E-state index contributed by atoms with van der Waals surface area (Å²) in [5.74, 6) is 1.44. The van der Waals surface area contributed by atoms with Gasteiger partial charge in [-0.3, -0.25) is 0 Å². The first-order chi connectivity index (χ1) is 9.22. The SMILES string of the molecule is COc1ccc(C=Cc2ccc(OC)c(O)c2)cc1. The molecule has 19 heavy (non-hydrogen) atoms. The van der Waals surface area contributed by atoms with Crippen molar-refractivity contribution in [1.29, 1.82) is 0 Å². The largest absolute Gasteiger partial charge is 0.504 e. The number of hydrogen-bond donors (Lipinski definition) is 1. The van der Waals surface area contributed by atoms with Crippen LogP contribution in [0.1, 0.15) is 11.1 Å². The molecule has 98 valence electrons. The van der Waals surface area contributed by atoms with E-state index >= 15 is 0 Å². The highest BCUT2D eigenvalue weighted by Crippen LogP contribution is 2.27. The standard InChI is InChI=1S/C16H16O3/c1-18-14-8-5-12(6-9-14)3-4-13-7-10-16(19-2)15(17)11-13/h3-11,17H,1-2H3. The zero-order valence-electron chi connectivity index (χ0n) is 11.0. The van der Waals surface area contributed by atoms with Crippen molar-refractivity contribution < 1.29 is 14.6 Å². The minimum Gasteiger partial charge on any atom is -0.504 e. The number of methoxy groups -OCH3 is 2. The van der Waals surface area contributed by atoms with E-state index < -0.39 is 0 Å². The summed E-state index contributed by atoms with van der Waals surface area (Å²) < 4.78 is 10.1. The third-order valence-corrected chi connectivity index (χ3v) is 2.79. The third-order valence-electron chi connectivity index (χ3n) is 2.79. The van der Waals surface area contributed by atoms with E-state index in [0.29, 0.717) is 5.75 Å². The Balaban J connectivity index is 2.15. The van der Waals surface area contributed by atoms with Crippen molar-refractivity contribution in [1.82, 2.24) is 0 Å². The van der Waals surface area contributed by atoms with Gasteiger partial charge in [-0.25, -0.2) is 0 Å². The molecule has 3 nitrogen and oxygen atoms in total. The van der Waals surface area contributed by atoms with Gasteiger partial charge in [0.25, 0.3) is 0 Å². The normalized spacial score (nSPS) is 10.6. The van der Waals surface area contributed by atoms with E-state index in [4.69, 9.17) is 9.47 Å². The van der Waals surface area contributed by atoms with Crippen LogP contribution in [-0.2, 0) is 0 Å². The second-order valence-corrected chi connectivity index (χ2v) is 4.04. The van der Waals surface area contributed by atoms with Crippen molar-refractivity contribution in [2.45, 2.75) is 0 Å². The molecule has 0 aliphatic rings. The molecule has 0 aliphatic carbocycles. The molecular formula is C16H16O3. The summed E-state index contributed by atoms with van der Waals surface area (Å²) in [5.41, 5.74) is 1.98. The molecule has 0 heterocycles. The lowest BCUT2D eigenvalue weighted by Gasteiger charge is -2.03. The maximum atomic E-state index is 9.68. The monoisotopic (exact) mass is 256 g/mol. The molecule has 3 heteroatoms. The molecule has 2 rings (SSSR count). The van der Waals surface area contributed by atoms with E-state index in [2.05, 4.69) is 0 Å². The maximum Gasteiger partial charge on any atom is 0.160 e. The number of ether oxygens (including phenoxy) is 2. The number of phenolic OH excluding ortho intramolecular Hbond substituents is 1. The highest BCUT2D eigenvalue weighted by molar-refractivity contribution is 5.71. The van der Waals surface area contributed by atoms with E-state index in [0.717, 1.165) is 16.9 Å². The number of hydrogen-bond acceptors (Lipinski definition) is 3. The predicted molar refractivity (Wildman–Crippen MR) is 76.6 cm³/mol. The second kappa shape index (κ2) is 5.96. The van der Waals surface area contributed by atoms with E-state index in [1.54, 1.807) is 19.2 Å². The van der Waals surface area contributed by atoms with Gasteiger partial charge in [-0.05, 0) is 35.4 Å². The minimum absolute atomic E-state index is 0.138. The van der Waals surface area contributed by atoms with Crippen LogP contribution in [0, 0.1) is 0 Å². The van der Waals surface area contributed by atoms with Gasteiger partial charge < -0.3 is 14.6 Å². The molecule has 2 aromatic rings. The molecule has 0 fully saturated rings. The van der Waals surface area contributed by atoms with Gasteiger partial charge in [0.2, 0.25) is 0 Å². The number of rotatable bonds is 4. The lowest BCUT2D eigenvalue weighted by atomic mass is 10.1. The molecule has 0 bridgehead atoms. The Morgan fingerprint density at radius 1 is 0.842 bits per heavy atom. The molecule has 0 atom stereocenters. The van der Waals surface area contributed by atoms with Gasteiger partial charge >= 0.3 is 0 Å². The summed E-state index contributed by atoms with van der Waals surface area (Å²) in [6.45, 7) is 0. The van der Waals surface area contributed by atoms with E-state index in [-0.39, 0.29) is 5.75 Å². The topological polar surface area (TPSA) is 38.7 Å². The van der Waals surface area contributed by atoms with E-state index in [1.165, 1.54) is 7.11 Å². The molecule has 0 radical (unpaired) electrons. The average molecular weight is 256 g/mol. The van der Waals surface area contributed by atoms with Gasteiger partial charge in [-0.2, -0.15) is 0 Å². The van der Waals surface area contributed by atoms with Gasteiger partial charge in [0.05, 0.1) is 14.2 Å². The first-order valence-corrected chi connectivity index (χ1v) is 5.92. The Kier molecular flexibility index (Phi) is 4.08. The van der Waals surface area contributed by atoms with Crippen LogP contribution in [0.5, 0.6) is 17.2 Å². The van der Waals surface area contributed by atoms with Gasteiger partial charge in [-0.15, -0.1) is 0 Å². The van der Waals surface area contributed by atoms with Gasteiger partial charge in [-0.1, -0.05) is 30.4 Å². The molecule has 0 saturated carbocycles. The Hall–Kier alpha value is -2.42. The number of phenols is 1. The smallest absolute Gasteiger partial charge is 0.160 e. The van der Waals surface area contributed by atoms with Crippen LogP contribution in [0.15, 0.2) is 42.5 Å². The fraction of sp³-hybridized carbons (Fsp3) is 0.125. The van der Waals surface area contributed by atoms with Crippen molar-refractivity contribution in [2.75, 3.05) is 14.2 Å². The molecule has 1 N–H and O–H groups in total. The molecule has 0 aliphatic heterocycles. The van der Waals surface area contributed by atoms with Crippen LogP contribution in [0.25, 0.3) is 12.2 Å². The zero-order chi connectivity index (χ0) is 13.7. The van der Waals surface area contributed by atoms with E-state index in [1.807, 2.05) is 42.5 Å². The third kappa shape index (κ3) is 3.28. The lowest BCUT2D eigenvalue weighted by Crippen LogP contribution is -1.83. The fourth-order valence-corrected chi connectivity index (χ4v) is 1.72. The van der Waals surface area contributed by atoms with Crippen LogP contribution in [0.4, 0.5) is 0 Å². The van der Waals surface area contributed by atoms with Crippen molar-refractivity contribution in [3.8, 4) is 17.2 Å². The van der Waals surface area contributed by atoms with Gasteiger partial charge in [0.15, 0.2) is 11.5 Å². The molecule has 2 aromatic carbocycles. The summed E-state index contributed by atoms with van der Waals surface area (Å²) in [7, 11) is 3.17. The molecule has 0 unspecified atom stereocenters. The van der Waals surface area contributed by atoms with Crippen LogP contribution in [0.2, 0.25) is 0 Å². The number of aromatic hydroxyl groups is 1. The summed E-state index contributed by atoms with van der Waals surface area (Å²) in [4.78, 5) is 0. The van der Waals surface area contributed by atoms with Crippen LogP contribution in [0.3, 0.4) is 0 Å². The van der Waals surface area contributed by atoms with Gasteiger partial charge in [0, 0.05) is 0 Å². The fourth-order valence-electron chi connectivity index (χ4n) is 1.72. The second-order valence-electron chi connectivity index (χ2n) is 4.04. The first kappa shape index (κ1) is 13.0. The first-order valence-electron chi connectivity index (χ1n) is 5.92. The molecule has 0 aromatic heterocycles. The Bertz CT molecular complexity index is 571. The van der Waals surface area contributed by atoms with Crippen molar-refractivity contribution in [3.05, 3.63) is 53.6 Å². The van der Waals surface area contributed by atoms with Crippen LogP contribution < -0.4 is 9.47 Å². The van der Waals surface area contributed by atoms with Crippen molar-refractivity contribution >= 4 is 12.2 Å². The molecule has 0 saturated heterocycles. The Morgan fingerprint density at radius 3 is 2.05 bits per heavy atom. The molecular weight excluding hydrogens is 240 g/mol. The van der Waals surface area contributed by atoms with Crippen molar-refractivity contribution in [2.24, 2.45) is 0 Å². The lowest BCUT2D eigenvalue weighted by molar-refractivity contribution is 0.373. The maximum absolute atomic E-state index is 9.68. The van der Waals surface area contributed by atoms with E-state index in [9.17, 15) is 5.11 Å². The summed E-state index contributed by atoms with van der Waals surface area (Å²) in [6.07, 6.45) is 3.90. The molecule has 0 amide bonds.